The lowest BCUT2D eigenvalue weighted by molar-refractivity contribution is 0.209. The highest BCUT2D eigenvalue weighted by Gasteiger charge is 2.70. The van der Waals surface area contributed by atoms with Gasteiger partial charge in [-0.25, -0.2) is 0 Å². The summed E-state index contributed by atoms with van der Waals surface area (Å²) in [6, 6.07) is 0. The van der Waals surface area contributed by atoms with Crippen molar-refractivity contribution in [1.82, 2.24) is 0 Å². The van der Waals surface area contributed by atoms with E-state index < -0.39 is 29.4 Å². The van der Waals surface area contributed by atoms with Crippen molar-refractivity contribution in [1.29, 1.82) is 0 Å². The third-order valence-corrected chi connectivity index (χ3v) is 4.82. The van der Waals surface area contributed by atoms with Crippen LogP contribution in [0.3, 0.4) is 0 Å². The van der Waals surface area contributed by atoms with Gasteiger partial charge in [-0.3, -0.25) is 0 Å². The number of rotatable bonds is 3. The van der Waals surface area contributed by atoms with Gasteiger partial charge in [0.1, 0.15) is 0 Å². The molecular formula is C2Cl2F4O4S2. The van der Waals surface area contributed by atoms with Crippen molar-refractivity contribution < 1.29 is 33.4 Å². The third kappa shape index (κ3) is 2.07. The summed E-state index contributed by atoms with van der Waals surface area (Å²) in [5.41, 5.74) is 0. The highest BCUT2D eigenvalue weighted by Crippen LogP contribution is 2.47. The van der Waals surface area contributed by atoms with Gasteiger partial charge in [-0.05, 0) is 0 Å². The average Bonchev–Trinajstić information content (AvgIpc) is 1.81. The number of alkyl halides is 4. The Morgan fingerprint density at radius 2 is 0.929 bits per heavy atom. The second-order valence-electron chi connectivity index (χ2n) is 1.91. The van der Waals surface area contributed by atoms with Crippen LogP contribution in [0.1, 0.15) is 0 Å². The van der Waals surface area contributed by atoms with E-state index in [1.807, 2.05) is 0 Å². The average molecular weight is 299 g/mol. The molecule has 2 atom stereocenters. The molecule has 0 amide bonds. The summed E-state index contributed by atoms with van der Waals surface area (Å²) in [5.74, 6) is 0. The second kappa shape index (κ2) is 3.35. The van der Waals surface area contributed by atoms with Gasteiger partial charge in [0.25, 0.3) is 0 Å². The molecule has 0 heterocycles. The van der Waals surface area contributed by atoms with E-state index in [4.69, 9.17) is 0 Å². The Kier molecular flexibility index (Phi) is 3.40. The Labute approximate surface area is 86.2 Å². The van der Waals surface area contributed by atoms with Gasteiger partial charge in [0, 0.05) is 0 Å². The predicted molar refractivity (Wildman–Crippen MR) is 39.4 cm³/mol. The van der Waals surface area contributed by atoms with Crippen molar-refractivity contribution in [3.8, 4) is 0 Å². The van der Waals surface area contributed by atoms with Crippen LogP contribution in [0, 0.1) is 0 Å². The molecule has 86 valence electrons. The molecule has 0 fully saturated rings. The Hall–Kier alpha value is 0.200. The summed E-state index contributed by atoms with van der Waals surface area (Å²) >= 11 is 8.07. The highest BCUT2D eigenvalue weighted by molar-refractivity contribution is 7.93. The third-order valence-electron chi connectivity index (χ3n) is 0.951. The van der Waals surface area contributed by atoms with E-state index in [0.29, 0.717) is 0 Å². The minimum atomic E-state index is -6.57. The summed E-state index contributed by atoms with van der Waals surface area (Å²) in [6.45, 7) is 0. The van der Waals surface area contributed by atoms with Crippen LogP contribution in [0.25, 0.3) is 0 Å². The van der Waals surface area contributed by atoms with Crippen molar-refractivity contribution >= 4 is 43.6 Å². The van der Waals surface area contributed by atoms with E-state index in [9.17, 15) is 33.4 Å². The molecule has 14 heavy (non-hydrogen) atoms. The van der Waals surface area contributed by atoms with E-state index in [2.05, 4.69) is 23.2 Å². The number of halogens is 6. The normalized spacial score (nSPS) is 22.4. The molecule has 0 N–H and O–H groups in total. The van der Waals surface area contributed by atoms with E-state index in [1.54, 1.807) is 0 Å². The molecule has 0 saturated heterocycles. The quantitative estimate of drug-likeness (QED) is 0.447. The Bertz CT molecular complexity index is 382. The molecule has 0 aromatic heterocycles. The van der Waals surface area contributed by atoms with Crippen LogP contribution in [0.4, 0.5) is 16.6 Å². The van der Waals surface area contributed by atoms with Crippen LogP contribution in [-0.4, -0.2) is 25.8 Å². The fourth-order valence-electron chi connectivity index (χ4n) is 0.284. The van der Waals surface area contributed by atoms with Crippen LogP contribution in [0.15, 0.2) is 0 Å². The molecule has 0 aliphatic carbocycles. The molecule has 12 heteroatoms. The minimum Gasteiger partial charge on any atom is -0.199 e. The highest BCUT2D eigenvalue weighted by atomic mass is 35.5. The SMILES string of the molecule is O=S(=O)(F)C(F)(Cl)C(F)(Cl)S(=O)(=O)F. The van der Waals surface area contributed by atoms with Gasteiger partial charge in [-0.15, -0.1) is 7.77 Å². The maximum atomic E-state index is 12.5. The first-order chi connectivity index (χ1) is 5.75. The summed E-state index contributed by atoms with van der Waals surface area (Å²) in [7, 11) is -13.1. The van der Waals surface area contributed by atoms with Gasteiger partial charge >= 0.3 is 29.4 Å². The first-order valence-electron chi connectivity index (χ1n) is 2.39. The fourth-order valence-corrected chi connectivity index (χ4v) is 2.00. The maximum absolute atomic E-state index is 12.5. The zero-order valence-corrected chi connectivity index (χ0v) is 8.86. The Morgan fingerprint density at radius 1 is 0.786 bits per heavy atom. The van der Waals surface area contributed by atoms with Crippen molar-refractivity contribution in [2.75, 3.05) is 0 Å². The topological polar surface area (TPSA) is 68.3 Å². The number of hydrogen-bond donors (Lipinski definition) is 0. The lowest BCUT2D eigenvalue weighted by atomic mass is 10.8. The summed E-state index contributed by atoms with van der Waals surface area (Å²) in [4.78, 5) is 0. The molecular weight excluding hydrogens is 299 g/mol. The van der Waals surface area contributed by atoms with E-state index in [0.717, 1.165) is 0 Å². The van der Waals surface area contributed by atoms with E-state index >= 15 is 0 Å². The van der Waals surface area contributed by atoms with E-state index in [-0.39, 0.29) is 0 Å². The Balaban J connectivity index is 5.79. The van der Waals surface area contributed by atoms with E-state index in [1.165, 1.54) is 0 Å². The molecule has 0 bridgehead atoms. The van der Waals surface area contributed by atoms with Crippen molar-refractivity contribution in [3.05, 3.63) is 0 Å². The van der Waals surface area contributed by atoms with Gasteiger partial charge in [-0.1, -0.05) is 23.2 Å². The van der Waals surface area contributed by atoms with Gasteiger partial charge < -0.3 is 0 Å². The number of hydrogen-bond acceptors (Lipinski definition) is 4. The van der Waals surface area contributed by atoms with Gasteiger partial charge in [0.15, 0.2) is 0 Å². The van der Waals surface area contributed by atoms with Crippen LogP contribution in [0.5, 0.6) is 0 Å². The molecule has 2 unspecified atom stereocenters. The van der Waals surface area contributed by atoms with Gasteiger partial charge in [0.05, 0.1) is 0 Å². The first-order valence-corrected chi connectivity index (χ1v) is 5.91. The standard InChI is InChI=1S/C2Cl2F4O4S2/c3-1(5,13(7,9)10)2(4,6)14(8,11)12. The lowest BCUT2D eigenvalue weighted by Gasteiger charge is -2.21. The van der Waals surface area contributed by atoms with Crippen LogP contribution >= 0.6 is 23.2 Å². The fraction of sp³-hybridized carbons (Fsp3) is 1.00. The van der Waals surface area contributed by atoms with Crippen LogP contribution < -0.4 is 0 Å². The molecule has 0 saturated carbocycles. The maximum Gasteiger partial charge on any atom is 0.377 e. The van der Waals surface area contributed by atoms with Crippen molar-refractivity contribution in [3.63, 3.8) is 0 Å². The smallest absolute Gasteiger partial charge is 0.199 e. The monoisotopic (exact) mass is 298 g/mol. The van der Waals surface area contributed by atoms with Crippen LogP contribution in [0.2, 0.25) is 0 Å². The lowest BCUT2D eigenvalue weighted by Crippen LogP contribution is -2.47. The van der Waals surface area contributed by atoms with Gasteiger partial charge in [-0.2, -0.15) is 25.6 Å². The predicted octanol–water partition coefficient (Wildman–Crippen LogP) is 1.31. The van der Waals surface area contributed by atoms with Crippen molar-refractivity contribution in [2.45, 2.75) is 8.92 Å². The molecule has 0 aromatic rings. The molecule has 0 radical (unpaired) electrons. The van der Waals surface area contributed by atoms with Gasteiger partial charge in [0.2, 0.25) is 0 Å². The molecule has 0 spiro atoms. The first kappa shape index (κ1) is 14.2. The molecule has 4 nitrogen and oxygen atoms in total. The second-order valence-corrected chi connectivity index (χ2v) is 6.28. The van der Waals surface area contributed by atoms with Crippen molar-refractivity contribution in [2.24, 2.45) is 0 Å². The molecule has 0 aliphatic heterocycles. The largest absolute Gasteiger partial charge is 0.377 e. The summed E-state index contributed by atoms with van der Waals surface area (Å²) < 4.78 is 77.6. The summed E-state index contributed by atoms with van der Waals surface area (Å²) in [5, 5.41) is 0. The zero-order chi connectivity index (χ0) is 12.0. The van der Waals surface area contributed by atoms with Crippen LogP contribution in [-0.2, 0) is 20.4 Å². The molecule has 0 rings (SSSR count). The zero-order valence-electron chi connectivity index (χ0n) is 5.72. The Morgan fingerprint density at radius 3 is 1.00 bits per heavy atom. The molecule has 0 aromatic carbocycles. The summed E-state index contributed by atoms with van der Waals surface area (Å²) in [6.07, 6.45) is 0. The molecule has 0 aliphatic rings. The minimum absolute atomic E-state index is 4.03.